The highest BCUT2D eigenvalue weighted by Crippen LogP contribution is 2.14. The molecular formula is C11H15ClN4O2. The van der Waals surface area contributed by atoms with Gasteiger partial charge in [0.1, 0.15) is 5.02 Å². The van der Waals surface area contributed by atoms with E-state index in [0.29, 0.717) is 18.7 Å². The van der Waals surface area contributed by atoms with Gasteiger partial charge in [0.05, 0.1) is 11.9 Å². The first-order valence-corrected chi connectivity index (χ1v) is 6.31. The lowest BCUT2D eigenvalue weighted by Gasteiger charge is -2.15. The Morgan fingerprint density at radius 1 is 1.50 bits per heavy atom. The van der Waals surface area contributed by atoms with Crippen molar-refractivity contribution in [2.24, 2.45) is 0 Å². The van der Waals surface area contributed by atoms with E-state index in [9.17, 15) is 9.59 Å². The first kappa shape index (κ1) is 12.9. The van der Waals surface area contributed by atoms with Crippen molar-refractivity contribution in [3.63, 3.8) is 0 Å². The predicted molar refractivity (Wildman–Crippen MR) is 68.8 cm³/mol. The number of carbonyl (C=O) groups is 1. The fraction of sp³-hybridized carbons (Fsp3) is 0.545. The molecule has 98 valence electrons. The largest absolute Gasteiger partial charge is 0.382 e. The molecule has 2 N–H and O–H groups in total. The highest BCUT2D eigenvalue weighted by atomic mass is 35.5. The van der Waals surface area contributed by atoms with Crippen molar-refractivity contribution in [1.82, 2.24) is 15.1 Å². The number of aromatic amines is 1. The number of anilines is 1. The van der Waals surface area contributed by atoms with Crippen LogP contribution in [0.3, 0.4) is 0 Å². The fourth-order valence-corrected chi connectivity index (χ4v) is 2.09. The normalized spacial score (nSPS) is 14.8. The molecular weight excluding hydrogens is 256 g/mol. The molecule has 0 atom stereocenters. The van der Waals surface area contributed by atoms with Crippen molar-refractivity contribution < 1.29 is 4.79 Å². The lowest BCUT2D eigenvalue weighted by Crippen LogP contribution is -2.29. The molecule has 0 saturated carbocycles. The van der Waals surface area contributed by atoms with Gasteiger partial charge >= 0.3 is 0 Å². The second-order valence-electron chi connectivity index (χ2n) is 4.19. The second kappa shape index (κ2) is 5.86. The molecule has 1 aliphatic rings. The highest BCUT2D eigenvalue weighted by molar-refractivity contribution is 6.32. The molecule has 0 spiro atoms. The molecule has 0 aromatic carbocycles. The van der Waals surface area contributed by atoms with E-state index in [0.717, 1.165) is 25.9 Å². The van der Waals surface area contributed by atoms with Crippen molar-refractivity contribution >= 4 is 23.2 Å². The minimum Gasteiger partial charge on any atom is -0.382 e. The zero-order valence-corrected chi connectivity index (χ0v) is 10.7. The molecule has 2 heterocycles. The summed E-state index contributed by atoms with van der Waals surface area (Å²) in [4.78, 5) is 24.8. The number of nitrogens with zero attached hydrogens (tertiary/aromatic N) is 2. The van der Waals surface area contributed by atoms with Crippen LogP contribution in [-0.4, -0.2) is 40.6 Å². The first-order chi connectivity index (χ1) is 8.68. The summed E-state index contributed by atoms with van der Waals surface area (Å²) in [6, 6.07) is 0. The topological polar surface area (TPSA) is 78.1 Å². The van der Waals surface area contributed by atoms with Crippen LogP contribution >= 0.6 is 11.6 Å². The first-order valence-electron chi connectivity index (χ1n) is 5.93. The van der Waals surface area contributed by atoms with Crippen LogP contribution in [0, 0.1) is 0 Å². The number of halogens is 1. The van der Waals surface area contributed by atoms with Gasteiger partial charge in [0.2, 0.25) is 5.91 Å². The summed E-state index contributed by atoms with van der Waals surface area (Å²) in [6.07, 6.45) is 4.00. The van der Waals surface area contributed by atoms with E-state index in [4.69, 9.17) is 11.6 Å². The van der Waals surface area contributed by atoms with Gasteiger partial charge in [0.25, 0.3) is 5.56 Å². The van der Waals surface area contributed by atoms with Gasteiger partial charge in [-0.1, -0.05) is 11.6 Å². The van der Waals surface area contributed by atoms with Crippen LogP contribution in [-0.2, 0) is 4.79 Å². The highest BCUT2D eigenvalue weighted by Gasteiger charge is 2.17. The van der Waals surface area contributed by atoms with Gasteiger partial charge in [-0.15, -0.1) is 0 Å². The van der Waals surface area contributed by atoms with Crippen LogP contribution in [0.5, 0.6) is 0 Å². The van der Waals surface area contributed by atoms with E-state index in [-0.39, 0.29) is 10.9 Å². The molecule has 0 radical (unpaired) electrons. The van der Waals surface area contributed by atoms with Crippen LogP contribution in [0.4, 0.5) is 5.69 Å². The molecule has 7 heteroatoms. The number of H-pyrrole nitrogens is 1. The summed E-state index contributed by atoms with van der Waals surface area (Å²) in [5, 5.41) is 8.89. The Morgan fingerprint density at radius 3 is 2.94 bits per heavy atom. The molecule has 1 aromatic heterocycles. The summed E-state index contributed by atoms with van der Waals surface area (Å²) in [7, 11) is 0. The van der Waals surface area contributed by atoms with E-state index in [1.54, 1.807) is 0 Å². The second-order valence-corrected chi connectivity index (χ2v) is 4.57. The Bertz CT molecular complexity index is 482. The molecule has 0 bridgehead atoms. The Kier molecular flexibility index (Phi) is 4.19. The maximum Gasteiger partial charge on any atom is 0.285 e. The van der Waals surface area contributed by atoms with Crippen molar-refractivity contribution in [2.75, 3.05) is 25.0 Å². The summed E-state index contributed by atoms with van der Waals surface area (Å²) in [5.74, 6) is 0.133. The molecule has 1 saturated heterocycles. The predicted octanol–water partition coefficient (Wildman–Crippen LogP) is 0.848. The van der Waals surface area contributed by atoms with Gasteiger partial charge < -0.3 is 10.2 Å². The van der Waals surface area contributed by atoms with Crippen LogP contribution in [0.25, 0.3) is 0 Å². The molecule has 0 unspecified atom stereocenters. The van der Waals surface area contributed by atoms with Crippen LogP contribution in [0.1, 0.15) is 19.3 Å². The van der Waals surface area contributed by atoms with E-state index in [1.165, 1.54) is 6.20 Å². The number of hydrogen-bond donors (Lipinski definition) is 2. The molecule has 18 heavy (non-hydrogen) atoms. The third kappa shape index (κ3) is 3.01. The maximum atomic E-state index is 11.8. The van der Waals surface area contributed by atoms with Gasteiger partial charge in [-0.05, 0) is 12.8 Å². The minimum absolute atomic E-state index is 0.0682. The maximum absolute atomic E-state index is 11.8. The number of rotatable bonds is 4. The molecule has 1 amide bonds. The Morgan fingerprint density at radius 2 is 2.22 bits per heavy atom. The molecule has 1 fully saturated rings. The molecule has 0 aliphatic carbocycles. The Hall–Kier alpha value is -1.56. The van der Waals surface area contributed by atoms with Gasteiger partial charge in [0, 0.05) is 26.1 Å². The lowest BCUT2D eigenvalue weighted by atomic mass is 10.3. The average Bonchev–Trinajstić information content (AvgIpc) is 2.88. The number of nitrogens with one attached hydrogen (secondary N) is 2. The van der Waals surface area contributed by atoms with Crippen molar-refractivity contribution in [2.45, 2.75) is 19.3 Å². The summed E-state index contributed by atoms with van der Waals surface area (Å²) < 4.78 is 0. The molecule has 1 aromatic rings. The van der Waals surface area contributed by atoms with Crippen molar-refractivity contribution in [3.8, 4) is 0 Å². The third-order valence-corrected chi connectivity index (χ3v) is 3.28. The summed E-state index contributed by atoms with van der Waals surface area (Å²) in [6.45, 7) is 2.15. The van der Waals surface area contributed by atoms with Gasteiger partial charge in [-0.3, -0.25) is 9.59 Å². The van der Waals surface area contributed by atoms with Crippen LogP contribution < -0.4 is 10.9 Å². The molecule has 1 aliphatic heterocycles. The smallest absolute Gasteiger partial charge is 0.285 e. The van der Waals surface area contributed by atoms with Crippen molar-refractivity contribution in [3.05, 3.63) is 21.6 Å². The fourth-order valence-electron chi connectivity index (χ4n) is 1.94. The van der Waals surface area contributed by atoms with Crippen molar-refractivity contribution in [1.29, 1.82) is 0 Å². The number of aromatic nitrogens is 2. The minimum atomic E-state index is -0.437. The standard InChI is InChI=1S/C11H15ClN4O2/c12-10-8(7-14-15-11(10)18)13-4-3-9(17)16-5-1-2-6-16/h7H,1-6H2,(H2,13,15,18). The van der Waals surface area contributed by atoms with Crippen LogP contribution in [0.2, 0.25) is 5.02 Å². The van der Waals surface area contributed by atoms with E-state index in [1.807, 2.05) is 4.90 Å². The Balaban J connectivity index is 1.83. The number of likely N-dealkylation sites (tertiary alicyclic amines) is 1. The zero-order valence-electron chi connectivity index (χ0n) is 9.91. The van der Waals surface area contributed by atoms with E-state index >= 15 is 0 Å². The summed E-state index contributed by atoms with van der Waals surface area (Å²) >= 11 is 5.79. The number of amides is 1. The van der Waals surface area contributed by atoms with E-state index in [2.05, 4.69) is 15.5 Å². The zero-order chi connectivity index (χ0) is 13.0. The molecule has 2 rings (SSSR count). The quantitative estimate of drug-likeness (QED) is 0.850. The third-order valence-electron chi connectivity index (χ3n) is 2.91. The molecule has 6 nitrogen and oxygen atoms in total. The number of hydrogen-bond acceptors (Lipinski definition) is 4. The van der Waals surface area contributed by atoms with Crippen LogP contribution in [0.15, 0.2) is 11.0 Å². The lowest BCUT2D eigenvalue weighted by molar-refractivity contribution is -0.129. The van der Waals surface area contributed by atoms with Gasteiger partial charge in [-0.2, -0.15) is 5.10 Å². The monoisotopic (exact) mass is 270 g/mol. The van der Waals surface area contributed by atoms with Gasteiger partial charge in [0.15, 0.2) is 0 Å². The van der Waals surface area contributed by atoms with Gasteiger partial charge in [-0.25, -0.2) is 5.10 Å². The Labute approximate surface area is 109 Å². The summed E-state index contributed by atoms with van der Waals surface area (Å²) in [5.41, 5.74) is 0.0159. The average molecular weight is 271 g/mol. The number of carbonyl (C=O) groups excluding carboxylic acids is 1. The van der Waals surface area contributed by atoms with E-state index < -0.39 is 5.56 Å². The SMILES string of the molecule is O=C(CCNc1cn[nH]c(=O)c1Cl)N1CCCC1.